The molecule has 0 aromatic heterocycles. The molecule has 0 aliphatic rings. The fourth-order valence-electron chi connectivity index (χ4n) is 1.06. The summed E-state index contributed by atoms with van der Waals surface area (Å²) < 4.78 is 24.0. The van der Waals surface area contributed by atoms with Crippen LogP contribution in [0.25, 0.3) is 0 Å². The van der Waals surface area contributed by atoms with Crippen molar-refractivity contribution < 1.29 is 13.9 Å². The molecule has 1 atom stereocenters. The van der Waals surface area contributed by atoms with Gasteiger partial charge in [0.05, 0.1) is 25.6 Å². The van der Waals surface area contributed by atoms with Gasteiger partial charge in [-0.15, -0.1) is 0 Å². The Morgan fingerprint density at radius 1 is 1.54 bits per heavy atom. The molecule has 0 saturated heterocycles. The molecule has 1 unspecified atom stereocenters. The standard InChI is InChI=1S/C8H14F2N2O/c1-7(2-3-11)12(4-5-13)6-8(9)10/h7-8,13H,2,4-6H2,1H3. The number of rotatable bonds is 6. The van der Waals surface area contributed by atoms with Crippen LogP contribution >= 0.6 is 0 Å². The molecule has 0 saturated carbocycles. The summed E-state index contributed by atoms with van der Waals surface area (Å²) in [6.07, 6.45) is -2.22. The predicted molar refractivity (Wildman–Crippen MR) is 44.4 cm³/mol. The summed E-state index contributed by atoms with van der Waals surface area (Å²) in [6, 6.07) is 1.68. The van der Waals surface area contributed by atoms with E-state index in [1.807, 2.05) is 6.07 Å². The predicted octanol–water partition coefficient (Wildman–Crippen LogP) is 0.848. The monoisotopic (exact) mass is 192 g/mol. The van der Waals surface area contributed by atoms with Gasteiger partial charge in [0.15, 0.2) is 0 Å². The van der Waals surface area contributed by atoms with Crippen LogP contribution in [0.5, 0.6) is 0 Å². The van der Waals surface area contributed by atoms with E-state index in [1.54, 1.807) is 6.92 Å². The van der Waals surface area contributed by atoms with Gasteiger partial charge >= 0.3 is 0 Å². The SMILES string of the molecule is CC(CC#N)N(CCO)CC(F)F. The van der Waals surface area contributed by atoms with Gasteiger partial charge in [-0.25, -0.2) is 8.78 Å². The van der Waals surface area contributed by atoms with Crippen LogP contribution in [0.1, 0.15) is 13.3 Å². The normalized spacial score (nSPS) is 13.3. The molecule has 0 radical (unpaired) electrons. The van der Waals surface area contributed by atoms with Crippen molar-refractivity contribution in [2.45, 2.75) is 25.8 Å². The average Bonchev–Trinajstić information content (AvgIpc) is 2.03. The Morgan fingerprint density at radius 2 is 2.15 bits per heavy atom. The molecule has 0 fully saturated rings. The Morgan fingerprint density at radius 3 is 2.54 bits per heavy atom. The summed E-state index contributed by atoms with van der Waals surface area (Å²) in [5.74, 6) is 0. The molecule has 3 nitrogen and oxygen atoms in total. The molecule has 13 heavy (non-hydrogen) atoms. The van der Waals surface area contributed by atoms with Crippen LogP contribution in [0.15, 0.2) is 0 Å². The van der Waals surface area contributed by atoms with Gasteiger partial charge in [-0.2, -0.15) is 5.26 Å². The van der Waals surface area contributed by atoms with Crippen molar-refractivity contribution in [1.29, 1.82) is 5.26 Å². The van der Waals surface area contributed by atoms with Crippen molar-refractivity contribution in [1.82, 2.24) is 4.90 Å². The van der Waals surface area contributed by atoms with Crippen molar-refractivity contribution in [3.8, 4) is 6.07 Å². The lowest BCUT2D eigenvalue weighted by molar-refractivity contribution is 0.0597. The van der Waals surface area contributed by atoms with E-state index in [1.165, 1.54) is 4.90 Å². The molecule has 0 amide bonds. The maximum atomic E-state index is 12.0. The van der Waals surface area contributed by atoms with E-state index < -0.39 is 6.43 Å². The molecular formula is C8H14F2N2O. The number of hydrogen-bond donors (Lipinski definition) is 1. The summed E-state index contributed by atoms with van der Waals surface area (Å²) in [6.45, 7) is 1.33. The zero-order valence-electron chi connectivity index (χ0n) is 7.58. The van der Waals surface area contributed by atoms with E-state index in [9.17, 15) is 8.78 Å². The van der Waals surface area contributed by atoms with Crippen LogP contribution in [0, 0.1) is 11.3 Å². The Kier molecular flexibility index (Phi) is 6.37. The van der Waals surface area contributed by atoms with Gasteiger partial charge in [-0.1, -0.05) is 0 Å². The van der Waals surface area contributed by atoms with Gasteiger partial charge in [0.1, 0.15) is 0 Å². The lowest BCUT2D eigenvalue weighted by Gasteiger charge is -2.26. The Balaban J connectivity index is 3.99. The average molecular weight is 192 g/mol. The molecule has 0 spiro atoms. The van der Waals surface area contributed by atoms with Crippen molar-refractivity contribution in [2.24, 2.45) is 0 Å². The van der Waals surface area contributed by atoms with E-state index in [4.69, 9.17) is 10.4 Å². The van der Waals surface area contributed by atoms with Crippen LogP contribution in [0.4, 0.5) is 8.78 Å². The molecule has 76 valence electrons. The number of aliphatic hydroxyl groups excluding tert-OH is 1. The first kappa shape index (κ1) is 12.3. The van der Waals surface area contributed by atoms with Gasteiger partial charge in [-0.3, -0.25) is 4.90 Å². The highest BCUT2D eigenvalue weighted by atomic mass is 19.3. The minimum atomic E-state index is -2.42. The lowest BCUT2D eigenvalue weighted by atomic mass is 10.2. The third-order valence-corrected chi connectivity index (χ3v) is 1.77. The molecule has 5 heteroatoms. The fraction of sp³-hybridized carbons (Fsp3) is 0.875. The summed E-state index contributed by atoms with van der Waals surface area (Å²) in [4.78, 5) is 1.41. The molecule has 1 N–H and O–H groups in total. The first-order valence-corrected chi connectivity index (χ1v) is 4.11. The smallest absolute Gasteiger partial charge is 0.251 e. The van der Waals surface area contributed by atoms with Gasteiger partial charge in [-0.05, 0) is 6.92 Å². The van der Waals surface area contributed by atoms with Crippen LogP contribution in [-0.4, -0.2) is 42.2 Å². The number of aliphatic hydroxyl groups is 1. The van der Waals surface area contributed by atoms with Crippen LogP contribution < -0.4 is 0 Å². The largest absolute Gasteiger partial charge is 0.395 e. The molecule has 0 aromatic rings. The summed E-state index contributed by atoms with van der Waals surface area (Å²) in [5.41, 5.74) is 0. The van der Waals surface area contributed by atoms with Crippen molar-refractivity contribution in [3.63, 3.8) is 0 Å². The second kappa shape index (κ2) is 6.75. The molecule has 0 aliphatic heterocycles. The van der Waals surface area contributed by atoms with Gasteiger partial charge < -0.3 is 5.11 Å². The quantitative estimate of drug-likeness (QED) is 0.678. The van der Waals surface area contributed by atoms with Crippen LogP contribution in [0.2, 0.25) is 0 Å². The van der Waals surface area contributed by atoms with Gasteiger partial charge in [0, 0.05) is 12.6 Å². The third-order valence-electron chi connectivity index (χ3n) is 1.77. The highest BCUT2D eigenvalue weighted by Gasteiger charge is 2.17. The summed E-state index contributed by atoms with van der Waals surface area (Å²) in [7, 11) is 0. The Bertz CT molecular complexity index is 170. The number of hydrogen-bond acceptors (Lipinski definition) is 3. The van der Waals surface area contributed by atoms with Crippen molar-refractivity contribution in [2.75, 3.05) is 19.7 Å². The van der Waals surface area contributed by atoms with Crippen LogP contribution in [-0.2, 0) is 0 Å². The minimum Gasteiger partial charge on any atom is -0.395 e. The second-order valence-corrected chi connectivity index (χ2v) is 2.82. The molecule has 0 heterocycles. The highest BCUT2D eigenvalue weighted by molar-refractivity contribution is 4.80. The molecule has 0 bridgehead atoms. The van der Waals surface area contributed by atoms with Gasteiger partial charge in [0.25, 0.3) is 6.43 Å². The second-order valence-electron chi connectivity index (χ2n) is 2.82. The lowest BCUT2D eigenvalue weighted by Crippen LogP contribution is -2.38. The molecular weight excluding hydrogens is 178 g/mol. The number of nitrogens with zero attached hydrogens (tertiary/aromatic N) is 2. The Labute approximate surface area is 76.6 Å². The maximum Gasteiger partial charge on any atom is 0.251 e. The van der Waals surface area contributed by atoms with E-state index >= 15 is 0 Å². The number of alkyl halides is 2. The number of nitriles is 1. The molecule has 0 rings (SSSR count). The van der Waals surface area contributed by atoms with Gasteiger partial charge in [0.2, 0.25) is 0 Å². The summed E-state index contributed by atoms with van der Waals surface area (Å²) in [5, 5.41) is 17.0. The maximum absolute atomic E-state index is 12.0. The molecule has 0 aliphatic carbocycles. The van der Waals surface area contributed by atoms with Crippen molar-refractivity contribution >= 4 is 0 Å². The third kappa shape index (κ3) is 5.50. The first-order chi connectivity index (χ1) is 6.11. The first-order valence-electron chi connectivity index (χ1n) is 4.11. The van der Waals surface area contributed by atoms with Crippen molar-refractivity contribution in [3.05, 3.63) is 0 Å². The van der Waals surface area contributed by atoms with Crippen LogP contribution in [0.3, 0.4) is 0 Å². The topological polar surface area (TPSA) is 47.3 Å². The van der Waals surface area contributed by atoms with E-state index in [0.29, 0.717) is 0 Å². The number of halogens is 2. The summed E-state index contributed by atoms with van der Waals surface area (Å²) >= 11 is 0. The highest BCUT2D eigenvalue weighted by Crippen LogP contribution is 2.06. The minimum absolute atomic E-state index is 0.164. The van der Waals surface area contributed by atoms with E-state index in [0.717, 1.165) is 0 Å². The zero-order chi connectivity index (χ0) is 10.3. The zero-order valence-corrected chi connectivity index (χ0v) is 7.58. The molecule has 0 aromatic carbocycles. The fourth-order valence-corrected chi connectivity index (χ4v) is 1.06. The van der Waals surface area contributed by atoms with E-state index in [-0.39, 0.29) is 32.2 Å². The van der Waals surface area contributed by atoms with E-state index in [2.05, 4.69) is 0 Å². The Hall–Kier alpha value is -0.730.